The Hall–Kier alpha value is -3.34. The number of imide groups is 1. The first-order valence-electron chi connectivity index (χ1n) is 9.81. The summed E-state index contributed by atoms with van der Waals surface area (Å²) in [5.74, 6) is -1.06. The van der Waals surface area contributed by atoms with E-state index in [9.17, 15) is 18.8 Å². The maximum Gasteiger partial charge on any atom is 0.417 e. The molecule has 0 spiro atoms. The molecule has 0 radical (unpaired) electrons. The average molecular weight is 466 g/mol. The fourth-order valence-corrected chi connectivity index (χ4v) is 3.96. The van der Waals surface area contributed by atoms with E-state index in [0.29, 0.717) is 24.5 Å². The van der Waals surface area contributed by atoms with Crippen molar-refractivity contribution >= 4 is 41.1 Å². The van der Waals surface area contributed by atoms with E-state index in [1.807, 2.05) is 18.1 Å². The van der Waals surface area contributed by atoms with Crippen molar-refractivity contribution in [2.75, 3.05) is 29.0 Å². The molecule has 3 amide bonds. The van der Waals surface area contributed by atoms with E-state index >= 15 is 0 Å². The van der Waals surface area contributed by atoms with Crippen LogP contribution in [0.15, 0.2) is 24.4 Å². The van der Waals surface area contributed by atoms with Crippen molar-refractivity contribution in [3.8, 4) is 0 Å². The Balaban J connectivity index is 1.44. The van der Waals surface area contributed by atoms with Crippen molar-refractivity contribution in [2.24, 2.45) is 7.05 Å². The number of hydrogen-bond donors (Lipinski definition) is 0. The van der Waals surface area contributed by atoms with Crippen LogP contribution in [0.4, 0.5) is 25.4 Å². The monoisotopic (exact) mass is 465 g/mol. The third kappa shape index (κ3) is 4.20. The van der Waals surface area contributed by atoms with Gasteiger partial charge < -0.3 is 14.4 Å². The zero-order valence-corrected chi connectivity index (χ0v) is 18.2. The summed E-state index contributed by atoms with van der Waals surface area (Å²) in [6, 6.07) is 4.09. The fraction of sp³-hybridized carbons (Fsp3) is 0.400. The smallest absolute Gasteiger partial charge is 0.417 e. The van der Waals surface area contributed by atoms with Crippen molar-refractivity contribution in [3.63, 3.8) is 0 Å². The molecule has 1 fully saturated rings. The molecular formula is C20H21ClFN5O5. The number of nitrogens with zero attached hydrogens (tertiary/aromatic N) is 5. The van der Waals surface area contributed by atoms with Gasteiger partial charge in [-0.15, -0.1) is 0 Å². The first kappa shape index (κ1) is 21.9. The summed E-state index contributed by atoms with van der Waals surface area (Å²) in [6.07, 6.45) is -0.514. The predicted octanol–water partition coefficient (Wildman–Crippen LogP) is 2.59. The number of aryl methyl sites for hydroxylation is 1. The van der Waals surface area contributed by atoms with Gasteiger partial charge in [-0.1, -0.05) is 11.6 Å². The highest BCUT2D eigenvalue weighted by Crippen LogP contribution is 2.32. The van der Waals surface area contributed by atoms with Gasteiger partial charge >= 0.3 is 12.2 Å². The number of benzene rings is 1. The molecule has 170 valence electrons. The van der Waals surface area contributed by atoms with Crippen LogP contribution in [0.2, 0.25) is 0 Å². The maximum atomic E-state index is 14.9. The Kier molecular flexibility index (Phi) is 5.92. The molecule has 2 aromatic rings. The quantitative estimate of drug-likeness (QED) is 0.626. The van der Waals surface area contributed by atoms with Gasteiger partial charge in [0.25, 0.3) is 0 Å². The highest BCUT2D eigenvalue weighted by molar-refractivity contribution is 6.17. The number of amides is 3. The third-order valence-corrected chi connectivity index (χ3v) is 5.43. The number of ether oxygens (including phenoxy) is 2. The van der Waals surface area contributed by atoms with Crippen molar-refractivity contribution in [3.05, 3.63) is 41.5 Å². The number of halogens is 2. The maximum absolute atomic E-state index is 14.9. The molecule has 12 heteroatoms. The van der Waals surface area contributed by atoms with Gasteiger partial charge in [0, 0.05) is 32.3 Å². The number of carbonyl (C=O) groups excluding carboxylic acids is 3. The van der Waals surface area contributed by atoms with Crippen LogP contribution in [-0.2, 0) is 34.4 Å². The molecule has 1 atom stereocenters. The van der Waals surface area contributed by atoms with E-state index in [0.717, 1.165) is 16.2 Å². The van der Waals surface area contributed by atoms with Crippen LogP contribution in [0.5, 0.6) is 0 Å². The Labute approximate surface area is 188 Å². The Morgan fingerprint density at radius 3 is 2.81 bits per heavy atom. The first-order chi connectivity index (χ1) is 15.3. The molecular weight excluding hydrogens is 445 g/mol. The average Bonchev–Trinajstić information content (AvgIpc) is 3.38. The summed E-state index contributed by atoms with van der Waals surface area (Å²) in [5, 5.41) is 4.37. The van der Waals surface area contributed by atoms with E-state index in [-0.39, 0.29) is 13.1 Å². The van der Waals surface area contributed by atoms with Crippen LogP contribution in [-0.4, -0.2) is 58.0 Å². The van der Waals surface area contributed by atoms with E-state index in [1.54, 1.807) is 16.8 Å². The van der Waals surface area contributed by atoms with E-state index < -0.39 is 36.1 Å². The molecule has 1 aromatic heterocycles. The Morgan fingerprint density at radius 2 is 2.16 bits per heavy atom. The van der Waals surface area contributed by atoms with Crippen LogP contribution >= 0.6 is 11.6 Å². The predicted molar refractivity (Wildman–Crippen MR) is 112 cm³/mol. The molecule has 0 aliphatic carbocycles. The SMILES string of the molecule is CC(=O)N(CC1CN(c2ccc(N3Cc4cn(C)nc4C3)c(F)c2)C(=O)O1)C(=O)OCCl. The van der Waals surface area contributed by atoms with Crippen LogP contribution in [0.1, 0.15) is 18.2 Å². The number of anilines is 2. The molecule has 4 rings (SSSR count). The van der Waals surface area contributed by atoms with E-state index in [4.69, 9.17) is 16.3 Å². The van der Waals surface area contributed by atoms with Gasteiger partial charge in [0.1, 0.15) is 11.9 Å². The fourth-order valence-electron chi connectivity index (χ4n) is 3.87. The minimum absolute atomic E-state index is 0.0370. The number of hydrogen-bond acceptors (Lipinski definition) is 7. The lowest BCUT2D eigenvalue weighted by atomic mass is 10.2. The lowest BCUT2D eigenvalue weighted by Gasteiger charge is -2.21. The molecule has 1 aromatic carbocycles. The number of rotatable bonds is 5. The van der Waals surface area contributed by atoms with E-state index in [1.165, 1.54) is 17.9 Å². The van der Waals surface area contributed by atoms with Gasteiger partial charge in [-0.25, -0.2) is 18.9 Å². The second-order valence-electron chi connectivity index (χ2n) is 7.53. The minimum Gasteiger partial charge on any atom is -0.442 e. The van der Waals surface area contributed by atoms with Gasteiger partial charge in [-0.3, -0.25) is 14.4 Å². The molecule has 1 unspecified atom stereocenters. The van der Waals surface area contributed by atoms with Crippen LogP contribution < -0.4 is 9.80 Å². The van der Waals surface area contributed by atoms with Crippen molar-refractivity contribution < 1.29 is 28.2 Å². The van der Waals surface area contributed by atoms with Crippen LogP contribution in [0.3, 0.4) is 0 Å². The number of carbonyl (C=O) groups is 3. The topological polar surface area (TPSA) is 97.2 Å². The van der Waals surface area contributed by atoms with Gasteiger partial charge in [-0.2, -0.15) is 5.10 Å². The second-order valence-corrected chi connectivity index (χ2v) is 7.75. The van der Waals surface area contributed by atoms with Crippen molar-refractivity contribution in [1.29, 1.82) is 0 Å². The molecule has 0 saturated carbocycles. The van der Waals surface area contributed by atoms with Crippen molar-refractivity contribution in [2.45, 2.75) is 26.1 Å². The number of fused-ring (bicyclic) bond motifs is 1. The van der Waals surface area contributed by atoms with E-state index in [2.05, 4.69) is 9.84 Å². The second kappa shape index (κ2) is 8.65. The molecule has 2 aliphatic rings. The molecule has 32 heavy (non-hydrogen) atoms. The van der Waals surface area contributed by atoms with Gasteiger partial charge in [-0.05, 0) is 18.2 Å². The Morgan fingerprint density at radius 1 is 1.38 bits per heavy atom. The summed E-state index contributed by atoms with van der Waals surface area (Å²) in [4.78, 5) is 39.9. The summed E-state index contributed by atoms with van der Waals surface area (Å²) in [6.45, 7) is 2.07. The summed E-state index contributed by atoms with van der Waals surface area (Å²) < 4.78 is 26.6. The Bertz CT molecular complexity index is 1050. The summed E-state index contributed by atoms with van der Waals surface area (Å²) in [7, 11) is 1.84. The van der Waals surface area contributed by atoms with Crippen LogP contribution in [0, 0.1) is 5.82 Å². The molecule has 3 heterocycles. The number of alkyl halides is 1. The molecule has 0 bridgehead atoms. The zero-order chi connectivity index (χ0) is 23.0. The first-order valence-corrected chi connectivity index (χ1v) is 10.3. The normalized spacial score (nSPS) is 17.4. The molecule has 10 nitrogen and oxygen atoms in total. The largest absolute Gasteiger partial charge is 0.442 e. The molecule has 0 N–H and O–H groups in total. The number of aromatic nitrogens is 2. The minimum atomic E-state index is -0.932. The lowest BCUT2D eigenvalue weighted by molar-refractivity contribution is -0.128. The number of cyclic esters (lactones) is 1. The summed E-state index contributed by atoms with van der Waals surface area (Å²) in [5.41, 5.74) is 2.67. The third-order valence-electron chi connectivity index (χ3n) is 5.32. The molecule has 1 saturated heterocycles. The van der Waals surface area contributed by atoms with Crippen LogP contribution in [0.25, 0.3) is 0 Å². The van der Waals surface area contributed by atoms with Gasteiger partial charge in [0.15, 0.2) is 6.07 Å². The highest BCUT2D eigenvalue weighted by Gasteiger charge is 2.36. The molecule has 2 aliphatic heterocycles. The lowest BCUT2D eigenvalue weighted by Crippen LogP contribution is -2.42. The van der Waals surface area contributed by atoms with Crippen molar-refractivity contribution in [1.82, 2.24) is 14.7 Å². The summed E-state index contributed by atoms with van der Waals surface area (Å²) >= 11 is 5.37. The standard InChI is InChI=1S/C20H21ClFN5O5/c1-12(28)26(19(29)31-11-21)8-15-9-27(20(30)32-15)14-3-4-18(16(22)5-14)25-7-13-6-24(2)23-17(13)10-25/h3-6,15H,7-11H2,1-2H3. The van der Waals surface area contributed by atoms with Gasteiger partial charge in [0.05, 0.1) is 36.7 Å². The highest BCUT2D eigenvalue weighted by atomic mass is 35.5. The zero-order valence-electron chi connectivity index (χ0n) is 17.5. The van der Waals surface area contributed by atoms with Gasteiger partial charge in [0.2, 0.25) is 5.91 Å².